The van der Waals surface area contributed by atoms with E-state index in [1.807, 2.05) is 18.2 Å². The second-order valence-electron chi connectivity index (χ2n) is 6.33. The highest BCUT2D eigenvalue weighted by Gasteiger charge is 2.20. The standard InChI is InChI=1S/C19H21N5OS/c25-18(21-15-4-3-8-20-14-15)7-9-23-10-12-24(13-11-23)19-22-16-5-1-2-6-17(16)26-19/h1-6,8,14H,7,9-13H2,(H,21,25). The largest absolute Gasteiger partial charge is 0.345 e. The quantitative estimate of drug-likeness (QED) is 0.751. The molecule has 1 aliphatic heterocycles. The predicted molar refractivity (Wildman–Crippen MR) is 106 cm³/mol. The van der Waals surface area contributed by atoms with Gasteiger partial charge in [0.05, 0.1) is 22.1 Å². The summed E-state index contributed by atoms with van der Waals surface area (Å²) < 4.78 is 1.23. The molecule has 1 aromatic carbocycles. The third-order valence-corrected chi connectivity index (χ3v) is 5.62. The van der Waals surface area contributed by atoms with Gasteiger partial charge < -0.3 is 10.2 Å². The number of benzene rings is 1. The monoisotopic (exact) mass is 367 g/mol. The zero-order valence-electron chi connectivity index (χ0n) is 14.5. The van der Waals surface area contributed by atoms with Crippen molar-refractivity contribution >= 4 is 38.3 Å². The minimum Gasteiger partial charge on any atom is -0.345 e. The number of carbonyl (C=O) groups excluding carboxylic acids is 1. The van der Waals surface area contributed by atoms with Crippen molar-refractivity contribution in [2.75, 3.05) is 42.9 Å². The number of rotatable bonds is 5. The number of nitrogens with one attached hydrogen (secondary N) is 1. The van der Waals surface area contributed by atoms with Gasteiger partial charge >= 0.3 is 0 Å². The lowest BCUT2D eigenvalue weighted by molar-refractivity contribution is -0.116. The molecular weight excluding hydrogens is 346 g/mol. The van der Waals surface area contributed by atoms with E-state index in [9.17, 15) is 4.79 Å². The topological polar surface area (TPSA) is 61.4 Å². The Bertz CT molecular complexity index is 841. The zero-order valence-corrected chi connectivity index (χ0v) is 15.3. The van der Waals surface area contributed by atoms with Gasteiger partial charge in [0.2, 0.25) is 5.91 Å². The molecule has 7 heteroatoms. The number of nitrogens with zero attached hydrogens (tertiary/aromatic N) is 4. The van der Waals surface area contributed by atoms with Crippen LogP contribution in [0.25, 0.3) is 10.2 Å². The molecule has 1 fully saturated rings. The first-order valence-corrected chi connectivity index (χ1v) is 9.62. The third-order valence-electron chi connectivity index (χ3n) is 4.53. The Hall–Kier alpha value is -2.51. The molecule has 0 radical (unpaired) electrons. The fraction of sp³-hybridized carbons (Fsp3) is 0.316. The summed E-state index contributed by atoms with van der Waals surface area (Å²) in [5.41, 5.74) is 1.82. The Balaban J connectivity index is 1.25. The number of thiazole rings is 1. The molecule has 0 unspecified atom stereocenters. The van der Waals surface area contributed by atoms with Gasteiger partial charge in [-0.25, -0.2) is 4.98 Å². The number of hydrogen-bond acceptors (Lipinski definition) is 6. The fourth-order valence-electron chi connectivity index (χ4n) is 3.08. The molecular formula is C19H21N5OS. The maximum absolute atomic E-state index is 12.1. The van der Waals surface area contributed by atoms with Crippen LogP contribution in [0, 0.1) is 0 Å². The summed E-state index contributed by atoms with van der Waals surface area (Å²) in [5.74, 6) is 0.0339. The number of para-hydroxylation sites is 1. The summed E-state index contributed by atoms with van der Waals surface area (Å²) in [4.78, 5) is 25.5. The Kier molecular flexibility index (Phi) is 5.08. The van der Waals surface area contributed by atoms with Gasteiger partial charge in [-0.2, -0.15) is 0 Å². The summed E-state index contributed by atoms with van der Waals surface area (Å²) in [6.45, 7) is 4.58. The molecule has 1 amide bonds. The van der Waals surface area contributed by atoms with Gasteiger partial charge in [0, 0.05) is 45.3 Å². The highest BCUT2D eigenvalue weighted by atomic mass is 32.1. The molecule has 3 aromatic rings. The first kappa shape index (κ1) is 16.9. The fourth-order valence-corrected chi connectivity index (χ4v) is 4.10. The maximum atomic E-state index is 12.1. The van der Waals surface area contributed by atoms with Crippen LogP contribution in [-0.2, 0) is 4.79 Å². The van der Waals surface area contributed by atoms with Crippen LogP contribution in [0.3, 0.4) is 0 Å². The van der Waals surface area contributed by atoms with Crippen molar-refractivity contribution < 1.29 is 4.79 Å². The van der Waals surface area contributed by atoms with E-state index in [1.54, 1.807) is 23.7 Å². The molecule has 134 valence electrons. The van der Waals surface area contributed by atoms with E-state index < -0.39 is 0 Å². The highest BCUT2D eigenvalue weighted by Crippen LogP contribution is 2.29. The molecule has 26 heavy (non-hydrogen) atoms. The molecule has 0 atom stereocenters. The number of hydrogen-bond donors (Lipinski definition) is 1. The molecule has 0 saturated carbocycles. The Labute approximate surface area is 156 Å². The minimum absolute atomic E-state index is 0.0339. The number of amides is 1. The number of aromatic nitrogens is 2. The van der Waals surface area contributed by atoms with Crippen molar-refractivity contribution in [3.63, 3.8) is 0 Å². The SMILES string of the molecule is O=C(CCN1CCN(c2nc3ccccc3s2)CC1)Nc1cccnc1. The Morgan fingerprint density at radius 1 is 1.12 bits per heavy atom. The Morgan fingerprint density at radius 2 is 1.96 bits per heavy atom. The summed E-state index contributed by atoms with van der Waals surface area (Å²) in [6, 6.07) is 11.9. The van der Waals surface area contributed by atoms with Crippen LogP contribution in [0.2, 0.25) is 0 Å². The van der Waals surface area contributed by atoms with E-state index in [2.05, 4.69) is 38.3 Å². The summed E-state index contributed by atoms with van der Waals surface area (Å²) in [7, 11) is 0. The van der Waals surface area contributed by atoms with E-state index in [-0.39, 0.29) is 5.91 Å². The average molecular weight is 367 g/mol. The van der Waals surface area contributed by atoms with Crippen LogP contribution in [0.1, 0.15) is 6.42 Å². The van der Waals surface area contributed by atoms with Crippen molar-refractivity contribution in [3.8, 4) is 0 Å². The van der Waals surface area contributed by atoms with Crippen molar-refractivity contribution in [2.45, 2.75) is 6.42 Å². The third kappa shape index (κ3) is 4.00. The van der Waals surface area contributed by atoms with Crippen molar-refractivity contribution in [1.29, 1.82) is 0 Å². The summed E-state index contributed by atoms with van der Waals surface area (Å²) in [5, 5.41) is 3.98. The van der Waals surface area contributed by atoms with Gasteiger partial charge in [0.15, 0.2) is 5.13 Å². The van der Waals surface area contributed by atoms with Crippen LogP contribution in [-0.4, -0.2) is 53.5 Å². The van der Waals surface area contributed by atoms with Gasteiger partial charge in [-0.05, 0) is 24.3 Å². The van der Waals surface area contributed by atoms with Crippen LogP contribution >= 0.6 is 11.3 Å². The molecule has 2 aromatic heterocycles. The lowest BCUT2D eigenvalue weighted by Crippen LogP contribution is -2.47. The Morgan fingerprint density at radius 3 is 2.73 bits per heavy atom. The minimum atomic E-state index is 0.0339. The number of piperazine rings is 1. The van der Waals surface area contributed by atoms with Crippen LogP contribution in [0.5, 0.6) is 0 Å². The number of anilines is 2. The maximum Gasteiger partial charge on any atom is 0.225 e. The van der Waals surface area contributed by atoms with Crippen molar-refractivity contribution in [1.82, 2.24) is 14.9 Å². The smallest absolute Gasteiger partial charge is 0.225 e. The molecule has 0 spiro atoms. The van der Waals surface area contributed by atoms with Crippen LogP contribution in [0.15, 0.2) is 48.8 Å². The van der Waals surface area contributed by atoms with Crippen molar-refractivity contribution in [3.05, 3.63) is 48.8 Å². The van der Waals surface area contributed by atoms with E-state index in [0.29, 0.717) is 6.42 Å². The van der Waals surface area contributed by atoms with E-state index in [4.69, 9.17) is 4.98 Å². The zero-order chi connectivity index (χ0) is 17.8. The lowest BCUT2D eigenvalue weighted by Gasteiger charge is -2.34. The van der Waals surface area contributed by atoms with E-state index in [0.717, 1.165) is 49.1 Å². The van der Waals surface area contributed by atoms with Gasteiger partial charge in [-0.15, -0.1) is 0 Å². The van der Waals surface area contributed by atoms with E-state index in [1.165, 1.54) is 4.70 Å². The lowest BCUT2D eigenvalue weighted by atomic mass is 10.3. The normalized spacial score (nSPS) is 15.3. The van der Waals surface area contributed by atoms with Gasteiger partial charge in [0.1, 0.15) is 0 Å². The summed E-state index contributed by atoms with van der Waals surface area (Å²) in [6.07, 6.45) is 3.85. The predicted octanol–water partition coefficient (Wildman–Crippen LogP) is 2.84. The molecule has 4 rings (SSSR count). The molecule has 1 N–H and O–H groups in total. The second-order valence-corrected chi connectivity index (χ2v) is 7.34. The number of fused-ring (bicyclic) bond motifs is 1. The number of pyridine rings is 1. The van der Waals surface area contributed by atoms with Crippen LogP contribution < -0.4 is 10.2 Å². The van der Waals surface area contributed by atoms with Gasteiger partial charge in [-0.1, -0.05) is 23.5 Å². The molecule has 0 bridgehead atoms. The molecule has 1 aliphatic rings. The number of carbonyl (C=O) groups is 1. The van der Waals surface area contributed by atoms with Gasteiger partial charge in [0.25, 0.3) is 0 Å². The molecule has 0 aliphatic carbocycles. The highest BCUT2D eigenvalue weighted by molar-refractivity contribution is 7.22. The molecule has 6 nitrogen and oxygen atoms in total. The van der Waals surface area contributed by atoms with Crippen molar-refractivity contribution in [2.24, 2.45) is 0 Å². The second kappa shape index (κ2) is 7.80. The molecule has 1 saturated heterocycles. The first-order chi connectivity index (χ1) is 12.8. The molecule has 3 heterocycles. The average Bonchev–Trinajstić information content (AvgIpc) is 3.12. The van der Waals surface area contributed by atoms with Crippen LogP contribution in [0.4, 0.5) is 10.8 Å². The first-order valence-electron chi connectivity index (χ1n) is 8.81. The summed E-state index contributed by atoms with van der Waals surface area (Å²) >= 11 is 1.75. The van der Waals surface area contributed by atoms with Gasteiger partial charge in [-0.3, -0.25) is 14.7 Å². The van der Waals surface area contributed by atoms with E-state index >= 15 is 0 Å².